The van der Waals surface area contributed by atoms with Crippen LogP contribution in [-0.2, 0) is 14.3 Å². The summed E-state index contributed by atoms with van der Waals surface area (Å²) in [6, 6.07) is 9.62. The number of hydrogen-bond acceptors (Lipinski definition) is 3. The molecular formula is C16H18O3. The predicted molar refractivity (Wildman–Crippen MR) is 74.3 cm³/mol. The second-order valence-electron chi connectivity index (χ2n) is 4.55. The van der Waals surface area contributed by atoms with Crippen molar-refractivity contribution in [3.63, 3.8) is 0 Å². The van der Waals surface area contributed by atoms with Gasteiger partial charge in [0.2, 0.25) is 0 Å². The Bertz CT molecular complexity index is 514. The second kappa shape index (κ2) is 5.74. The molecule has 3 nitrogen and oxygen atoms in total. The van der Waals surface area contributed by atoms with Crippen LogP contribution in [0.2, 0.25) is 0 Å². The molecule has 2 rings (SSSR count). The lowest BCUT2D eigenvalue weighted by Crippen LogP contribution is -2.10. The average Bonchev–Trinajstić information content (AvgIpc) is 2.85. The molecule has 1 aromatic rings. The van der Waals surface area contributed by atoms with Crippen LogP contribution in [0.3, 0.4) is 0 Å². The molecule has 1 atom stereocenters. The van der Waals surface area contributed by atoms with E-state index in [1.165, 1.54) is 0 Å². The summed E-state index contributed by atoms with van der Waals surface area (Å²) in [5.74, 6) is 0.317. The predicted octanol–water partition coefficient (Wildman–Crippen LogP) is 3.33. The lowest BCUT2D eigenvalue weighted by molar-refractivity contribution is -0.138. The molecule has 19 heavy (non-hydrogen) atoms. The van der Waals surface area contributed by atoms with E-state index in [-0.39, 0.29) is 12.1 Å². The molecule has 1 heterocycles. The number of hydrogen-bond donors (Lipinski definition) is 0. The van der Waals surface area contributed by atoms with E-state index in [1.54, 1.807) is 6.92 Å². The van der Waals surface area contributed by atoms with Crippen molar-refractivity contribution < 1.29 is 14.3 Å². The summed E-state index contributed by atoms with van der Waals surface area (Å²) in [6.45, 7) is 7.97. The fourth-order valence-electron chi connectivity index (χ4n) is 2.03. The minimum atomic E-state index is -0.301. The summed E-state index contributed by atoms with van der Waals surface area (Å²) >= 11 is 0. The number of benzene rings is 1. The van der Waals surface area contributed by atoms with Gasteiger partial charge in [-0.25, -0.2) is 4.79 Å². The number of carbonyl (C=O) groups excluding carboxylic acids is 1. The van der Waals surface area contributed by atoms with Crippen molar-refractivity contribution in [3.05, 3.63) is 53.6 Å². The molecular weight excluding hydrogens is 240 g/mol. The molecule has 0 spiro atoms. The van der Waals surface area contributed by atoms with Gasteiger partial charge in [0.25, 0.3) is 0 Å². The molecule has 0 radical (unpaired) electrons. The molecule has 3 heteroatoms. The van der Waals surface area contributed by atoms with Gasteiger partial charge in [0.1, 0.15) is 11.9 Å². The highest BCUT2D eigenvalue weighted by atomic mass is 16.5. The van der Waals surface area contributed by atoms with Gasteiger partial charge >= 0.3 is 5.97 Å². The molecule has 100 valence electrons. The highest BCUT2D eigenvalue weighted by Gasteiger charge is 2.32. The molecule has 1 unspecified atom stereocenters. The summed E-state index contributed by atoms with van der Waals surface area (Å²) < 4.78 is 11.0. The SMILES string of the molecule is C=C(C)C1CC(C(=O)OCC)=C(c2ccccc2)O1. The summed E-state index contributed by atoms with van der Waals surface area (Å²) in [5, 5.41) is 0. The van der Waals surface area contributed by atoms with E-state index < -0.39 is 0 Å². The van der Waals surface area contributed by atoms with Crippen molar-refractivity contribution in [2.45, 2.75) is 26.4 Å². The Morgan fingerprint density at radius 2 is 2.11 bits per heavy atom. The largest absolute Gasteiger partial charge is 0.485 e. The summed E-state index contributed by atoms with van der Waals surface area (Å²) in [4.78, 5) is 12.0. The monoisotopic (exact) mass is 258 g/mol. The van der Waals surface area contributed by atoms with E-state index in [0.717, 1.165) is 11.1 Å². The molecule has 0 bridgehead atoms. The van der Waals surface area contributed by atoms with Gasteiger partial charge in [-0.1, -0.05) is 36.9 Å². The van der Waals surface area contributed by atoms with Crippen molar-refractivity contribution in [3.8, 4) is 0 Å². The Morgan fingerprint density at radius 3 is 2.68 bits per heavy atom. The molecule has 0 fully saturated rings. The van der Waals surface area contributed by atoms with Crippen LogP contribution in [0, 0.1) is 0 Å². The standard InChI is InChI=1S/C16H18O3/c1-4-18-16(17)13-10-14(11(2)3)19-15(13)12-8-6-5-7-9-12/h5-9,14H,2,4,10H2,1,3H3. The van der Waals surface area contributed by atoms with Crippen LogP contribution < -0.4 is 0 Å². The lowest BCUT2D eigenvalue weighted by atomic mass is 10.0. The van der Waals surface area contributed by atoms with Gasteiger partial charge < -0.3 is 9.47 Å². The Labute approximate surface area is 113 Å². The van der Waals surface area contributed by atoms with Gasteiger partial charge in [0, 0.05) is 12.0 Å². The maximum Gasteiger partial charge on any atom is 0.337 e. The van der Waals surface area contributed by atoms with Crippen LogP contribution in [0.5, 0.6) is 0 Å². The molecule has 0 amide bonds. The van der Waals surface area contributed by atoms with E-state index in [4.69, 9.17) is 9.47 Å². The van der Waals surface area contributed by atoms with E-state index in [1.807, 2.05) is 37.3 Å². The summed E-state index contributed by atoms with van der Waals surface area (Å²) in [6.07, 6.45) is 0.382. The van der Waals surface area contributed by atoms with Crippen molar-refractivity contribution in [2.75, 3.05) is 6.61 Å². The molecule has 1 aliphatic heterocycles. The zero-order valence-corrected chi connectivity index (χ0v) is 11.3. The number of ether oxygens (including phenoxy) is 2. The molecule has 0 saturated heterocycles. The number of rotatable bonds is 4. The first-order chi connectivity index (χ1) is 9.13. The normalized spacial score (nSPS) is 18.1. The van der Waals surface area contributed by atoms with Gasteiger partial charge in [-0.2, -0.15) is 0 Å². The average molecular weight is 258 g/mol. The summed E-state index contributed by atoms with van der Waals surface area (Å²) in [7, 11) is 0. The topological polar surface area (TPSA) is 35.5 Å². The number of carbonyl (C=O) groups is 1. The Kier molecular flexibility index (Phi) is 4.05. The molecule has 0 aromatic heterocycles. The van der Waals surface area contributed by atoms with E-state index in [9.17, 15) is 4.79 Å². The van der Waals surface area contributed by atoms with Crippen molar-refractivity contribution in [1.29, 1.82) is 0 Å². The lowest BCUT2D eigenvalue weighted by Gasteiger charge is -2.12. The molecule has 0 N–H and O–H groups in total. The van der Waals surface area contributed by atoms with Gasteiger partial charge in [-0.05, 0) is 19.4 Å². The summed E-state index contributed by atoms with van der Waals surface area (Å²) in [5.41, 5.74) is 2.41. The Morgan fingerprint density at radius 1 is 1.42 bits per heavy atom. The third-order valence-electron chi connectivity index (χ3n) is 3.03. The fourth-order valence-corrected chi connectivity index (χ4v) is 2.03. The van der Waals surface area contributed by atoms with Gasteiger partial charge in [0.05, 0.1) is 12.2 Å². The van der Waals surface area contributed by atoms with Crippen LogP contribution in [0.25, 0.3) is 5.76 Å². The Hall–Kier alpha value is -2.03. The molecule has 1 aromatic carbocycles. The van der Waals surface area contributed by atoms with E-state index >= 15 is 0 Å². The maximum absolute atomic E-state index is 12.0. The molecule has 1 aliphatic rings. The maximum atomic E-state index is 12.0. The molecule has 0 saturated carbocycles. The quantitative estimate of drug-likeness (QED) is 0.614. The Balaban J connectivity index is 2.35. The third kappa shape index (κ3) is 2.87. The zero-order chi connectivity index (χ0) is 13.8. The first-order valence-electron chi connectivity index (χ1n) is 6.41. The minimum Gasteiger partial charge on any atom is -0.485 e. The van der Waals surface area contributed by atoms with Crippen LogP contribution in [-0.4, -0.2) is 18.7 Å². The highest BCUT2D eigenvalue weighted by molar-refractivity contribution is 5.97. The first kappa shape index (κ1) is 13.4. The minimum absolute atomic E-state index is 0.144. The third-order valence-corrected chi connectivity index (χ3v) is 3.03. The van der Waals surface area contributed by atoms with Crippen molar-refractivity contribution in [1.82, 2.24) is 0 Å². The van der Waals surface area contributed by atoms with Crippen LogP contribution in [0.1, 0.15) is 25.8 Å². The van der Waals surface area contributed by atoms with Crippen molar-refractivity contribution in [2.24, 2.45) is 0 Å². The van der Waals surface area contributed by atoms with Crippen LogP contribution in [0.4, 0.5) is 0 Å². The van der Waals surface area contributed by atoms with Crippen LogP contribution >= 0.6 is 0 Å². The van der Waals surface area contributed by atoms with Crippen molar-refractivity contribution >= 4 is 11.7 Å². The van der Waals surface area contributed by atoms with Gasteiger partial charge in [-0.3, -0.25) is 0 Å². The second-order valence-corrected chi connectivity index (χ2v) is 4.55. The van der Waals surface area contributed by atoms with E-state index in [2.05, 4.69) is 6.58 Å². The van der Waals surface area contributed by atoms with E-state index in [0.29, 0.717) is 24.4 Å². The number of esters is 1. The highest BCUT2D eigenvalue weighted by Crippen LogP contribution is 2.35. The smallest absolute Gasteiger partial charge is 0.337 e. The fraction of sp³-hybridized carbons (Fsp3) is 0.312. The van der Waals surface area contributed by atoms with Crippen LogP contribution in [0.15, 0.2) is 48.1 Å². The zero-order valence-electron chi connectivity index (χ0n) is 11.3. The van der Waals surface area contributed by atoms with Gasteiger partial charge in [-0.15, -0.1) is 0 Å². The van der Waals surface area contributed by atoms with Gasteiger partial charge in [0.15, 0.2) is 0 Å². The first-order valence-corrected chi connectivity index (χ1v) is 6.41. The molecule has 0 aliphatic carbocycles.